The van der Waals surface area contributed by atoms with Crippen molar-refractivity contribution in [2.24, 2.45) is 0 Å². The van der Waals surface area contributed by atoms with Crippen LogP contribution in [0.2, 0.25) is 5.28 Å². The molecule has 0 aromatic carbocycles. The van der Waals surface area contributed by atoms with E-state index in [0.717, 1.165) is 18.8 Å². The number of halogens is 1. The van der Waals surface area contributed by atoms with E-state index in [1.165, 1.54) is 0 Å². The van der Waals surface area contributed by atoms with E-state index in [1.54, 1.807) is 0 Å². The molecule has 2 heterocycles. The zero-order chi connectivity index (χ0) is 12.3. The molecule has 0 unspecified atom stereocenters. The number of nitrogens with zero attached hydrogens (tertiary/aromatic N) is 4. The minimum Gasteiger partial charge on any atom is -0.359 e. The zero-order valence-electron chi connectivity index (χ0n) is 9.81. The van der Waals surface area contributed by atoms with Gasteiger partial charge < -0.3 is 9.88 Å². The number of aromatic nitrogens is 4. The lowest BCUT2D eigenvalue weighted by molar-refractivity contribution is 0.813. The van der Waals surface area contributed by atoms with E-state index >= 15 is 0 Å². The van der Waals surface area contributed by atoms with E-state index < -0.39 is 0 Å². The highest BCUT2D eigenvalue weighted by atomic mass is 35.5. The zero-order valence-corrected chi connectivity index (χ0v) is 10.6. The predicted octanol–water partition coefficient (Wildman–Crippen LogP) is 2.37. The molecule has 2 rings (SSSR count). The summed E-state index contributed by atoms with van der Waals surface area (Å²) in [6, 6.07) is 3.79. The number of nitrogens with one attached hydrogen (secondary N) is 1. The van der Waals surface area contributed by atoms with Crippen LogP contribution in [0, 0.1) is 0 Å². The lowest BCUT2D eigenvalue weighted by Gasteiger charge is -2.18. The van der Waals surface area contributed by atoms with Gasteiger partial charge in [0.05, 0.1) is 5.69 Å². The molecule has 6 heteroatoms. The van der Waals surface area contributed by atoms with Crippen LogP contribution in [0.25, 0.3) is 11.5 Å². The molecule has 2 aromatic rings. The second kappa shape index (κ2) is 5.14. The summed E-state index contributed by atoms with van der Waals surface area (Å²) >= 11 is 5.92. The molecule has 0 atom stereocenters. The van der Waals surface area contributed by atoms with E-state index in [2.05, 4.69) is 33.8 Å². The standard InChI is InChI=1S/C11H14ClN5/c1-3-17(4-2)11-15-9(14-10(12)16-11)8-6-5-7-13-8/h5-7,13H,3-4H2,1-2H3. The van der Waals surface area contributed by atoms with Crippen LogP contribution in [0.3, 0.4) is 0 Å². The SMILES string of the molecule is CCN(CC)c1nc(Cl)nc(-c2ccc[nH]2)n1. The number of hydrogen-bond donors (Lipinski definition) is 1. The third kappa shape index (κ3) is 2.55. The highest BCUT2D eigenvalue weighted by molar-refractivity contribution is 6.28. The van der Waals surface area contributed by atoms with E-state index in [-0.39, 0.29) is 5.28 Å². The smallest absolute Gasteiger partial charge is 0.230 e. The van der Waals surface area contributed by atoms with Crippen LogP contribution in [0.1, 0.15) is 13.8 Å². The highest BCUT2D eigenvalue weighted by Gasteiger charge is 2.11. The van der Waals surface area contributed by atoms with Crippen LogP contribution in [0.15, 0.2) is 18.3 Å². The number of hydrogen-bond acceptors (Lipinski definition) is 4. The average molecular weight is 252 g/mol. The van der Waals surface area contributed by atoms with Crippen LogP contribution in [0.5, 0.6) is 0 Å². The molecule has 0 radical (unpaired) electrons. The molecule has 0 aliphatic heterocycles. The summed E-state index contributed by atoms with van der Waals surface area (Å²) in [7, 11) is 0. The van der Waals surface area contributed by atoms with Crippen LogP contribution in [-0.2, 0) is 0 Å². The molecule has 0 bridgehead atoms. The van der Waals surface area contributed by atoms with Crippen LogP contribution < -0.4 is 4.90 Å². The Morgan fingerprint density at radius 1 is 1.24 bits per heavy atom. The number of anilines is 1. The first-order valence-corrected chi connectivity index (χ1v) is 5.92. The van der Waals surface area contributed by atoms with Crippen molar-refractivity contribution < 1.29 is 0 Å². The van der Waals surface area contributed by atoms with Gasteiger partial charge in [0.1, 0.15) is 0 Å². The fourth-order valence-electron chi connectivity index (χ4n) is 1.58. The molecule has 0 amide bonds. The molecule has 0 aliphatic rings. The molecule has 90 valence electrons. The third-order valence-corrected chi connectivity index (χ3v) is 2.65. The summed E-state index contributed by atoms with van der Waals surface area (Å²) in [6.07, 6.45) is 1.82. The van der Waals surface area contributed by atoms with Crippen molar-refractivity contribution in [1.29, 1.82) is 0 Å². The second-order valence-electron chi connectivity index (χ2n) is 3.48. The number of aromatic amines is 1. The average Bonchev–Trinajstić information content (AvgIpc) is 2.83. The van der Waals surface area contributed by atoms with Gasteiger partial charge in [0.25, 0.3) is 0 Å². The Hall–Kier alpha value is -1.62. The highest BCUT2D eigenvalue weighted by Crippen LogP contribution is 2.17. The van der Waals surface area contributed by atoms with Gasteiger partial charge in [0, 0.05) is 19.3 Å². The monoisotopic (exact) mass is 251 g/mol. The summed E-state index contributed by atoms with van der Waals surface area (Å²) in [5.74, 6) is 1.18. The van der Waals surface area contributed by atoms with Crippen LogP contribution in [-0.4, -0.2) is 33.0 Å². The third-order valence-electron chi connectivity index (χ3n) is 2.48. The van der Waals surface area contributed by atoms with Crippen LogP contribution in [0.4, 0.5) is 5.95 Å². The molecule has 5 nitrogen and oxygen atoms in total. The van der Waals surface area contributed by atoms with E-state index in [4.69, 9.17) is 11.6 Å². The molecule has 0 saturated carbocycles. The van der Waals surface area contributed by atoms with Gasteiger partial charge in [-0.05, 0) is 37.6 Å². The Kier molecular flexibility index (Phi) is 3.58. The van der Waals surface area contributed by atoms with Crippen molar-refractivity contribution in [2.75, 3.05) is 18.0 Å². The van der Waals surface area contributed by atoms with Gasteiger partial charge in [-0.3, -0.25) is 0 Å². The van der Waals surface area contributed by atoms with Crippen molar-refractivity contribution >= 4 is 17.5 Å². The van der Waals surface area contributed by atoms with Gasteiger partial charge in [-0.25, -0.2) is 0 Å². The second-order valence-corrected chi connectivity index (χ2v) is 3.82. The Morgan fingerprint density at radius 3 is 2.59 bits per heavy atom. The first-order valence-electron chi connectivity index (χ1n) is 5.54. The molecule has 2 aromatic heterocycles. The van der Waals surface area contributed by atoms with Gasteiger partial charge in [0.2, 0.25) is 11.2 Å². The summed E-state index contributed by atoms with van der Waals surface area (Å²) in [6.45, 7) is 5.77. The topological polar surface area (TPSA) is 57.7 Å². The van der Waals surface area contributed by atoms with E-state index in [9.17, 15) is 0 Å². The molecular weight excluding hydrogens is 238 g/mol. The predicted molar refractivity (Wildman–Crippen MR) is 68.2 cm³/mol. The lowest BCUT2D eigenvalue weighted by Crippen LogP contribution is -2.24. The minimum absolute atomic E-state index is 0.214. The Balaban J connectivity index is 2.42. The van der Waals surface area contributed by atoms with E-state index in [1.807, 2.05) is 23.2 Å². The van der Waals surface area contributed by atoms with Gasteiger partial charge >= 0.3 is 0 Å². The normalized spacial score (nSPS) is 10.5. The Labute approximate surface area is 105 Å². The quantitative estimate of drug-likeness (QED) is 0.906. The van der Waals surface area contributed by atoms with Crippen LogP contribution >= 0.6 is 11.6 Å². The molecule has 1 N–H and O–H groups in total. The first-order chi connectivity index (χ1) is 8.24. The summed E-state index contributed by atoms with van der Waals surface area (Å²) in [5, 5.41) is 0.214. The lowest BCUT2D eigenvalue weighted by atomic mass is 10.4. The summed E-state index contributed by atoms with van der Waals surface area (Å²) < 4.78 is 0. The molecular formula is C11H14ClN5. The first kappa shape index (κ1) is 11.9. The maximum absolute atomic E-state index is 5.92. The van der Waals surface area contributed by atoms with E-state index in [0.29, 0.717) is 11.8 Å². The van der Waals surface area contributed by atoms with Crippen molar-refractivity contribution in [3.63, 3.8) is 0 Å². The van der Waals surface area contributed by atoms with Crippen molar-refractivity contribution in [2.45, 2.75) is 13.8 Å². The molecule has 0 fully saturated rings. The van der Waals surface area contributed by atoms with Crippen molar-refractivity contribution in [3.05, 3.63) is 23.6 Å². The maximum Gasteiger partial charge on any atom is 0.230 e. The molecule has 0 saturated heterocycles. The fraction of sp³-hybridized carbons (Fsp3) is 0.364. The Morgan fingerprint density at radius 2 is 2.00 bits per heavy atom. The van der Waals surface area contributed by atoms with Gasteiger partial charge in [0.15, 0.2) is 5.82 Å². The van der Waals surface area contributed by atoms with Gasteiger partial charge in [-0.15, -0.1) is 0 Å². The minimum atomic E-state index is 0.214. The summed E-state index contributed by atoms with van der Waals surface area (Å²) in [4.78, 5) is 17.7. The fourth-order valence-corrected chi connectivity index (χ4v) is 1.73. The molecule has 0 spiro atoms. The Bertz CT molecular complexity index is 479. The molecule has 17 heavy (non-hydrogen) atoms. The molecule has 0 aliphatic carbocycles. The largest absolute Gasteiger partial charge is 0.359 e. The van der Waals surface area contributed by atoms with Gasteiger partial charge in [-0.2, -0.15) is 15.0 Å². The van der Waals surface area contributed by atoms with Crippen molar-refractivity contribution in [1.82, 2.24) is 19.9 Å². The number of rotatable bonds is 4. The van der Waals surface area contributed by atoms with Crippen molar-refractivity contribution in [3.8, 4) is 11.5 Å². The summed E-state index contributed by atoms with van der Waals surface area (Å²) in [5.41, 5.74) is 0.836. The maximum atomic E-state index is 5.92. The number of H-pyrrole nitrogens is 1. The van der Waals surface area contributed by atoms with Gasteiger partial charge in [-0.1, -0.05) is 0 Å².